The number of alkyl halides is 1. The van der Waals surface area contributed by atoms with Crippen LogP contribution in [0.5, 0.6) is 0 Å². The van der Waals surface area contributed by atoms with Gasteiger partial charge in [-0.2, -0.15) is 0 Å². The molecule has 0 spiro atoms. The van der Waals surface area contributed by atoms with Gasteiger partial charge in [0.1, 0.15) is 29.9 Å². The summed E-state index contributed by atoms with van der Waals surface area (Å²) in [4.78, 5) is 13.0. The van der Waals surface area contributed by atoms with Crippen molar-refractivity contribution >= 4 is 23.2 Å². The third-order valence-corrected chi connectivity index (χ3v) is 8.34. The Morgan fingerprint density at radius 1 is 0.760 bits per heavy atom. The van der Waals surface area contributed by atoms with E-state index in [4.69, 9.17) is 4.74 Å². The fraction of sp³-hybridized carbons (Fsp3) is 0.211. The third-order valence-electron chi connectivity index (χ3n) is 4.05. The maximum atomic E-state index is 12.4. The summed E-state index contributed by atoms with van der Waals surface area (Å²) in [7, 11) is -2.03. The molecule has 4 nitrogen and oxygen atoms in total. The van der Waals surface area contributed by atoms with Crippen LogP contribution in [0, 0.1) is 0 Å². The molecule has 0 saturated heterocycles. The molecule has 3 rings (SSSR count). The summed E-state index contributed by atoms with van der Waals surface area (Å²) in [5.74, 6) is 0. The number of hydrogen-bond donors (Lipinski definition) is 0. The van der Waals surface area contributed by atoms with Gasteiger partial charge < -0.3 is 4.74 Å². The number of nitrogens with zero attached hydrogens (tertiary/aromatic N) is 3. The second kappa shape index (κ2) is 8.75. The first kappa shape index (κ1) is 17.6. The topological polar surface area (TPSA) is 47.9 Å². The van der Waals surface area contributed by atoms with Gasteiger partial charge in [-0.15, -0.1) is 0 Å². The Balaban J connectivity index is 2.13. The Morgan fingerprint density at radius 3 is 1.60 bits per heavy atom. The monoisotopic (exact) mass is 356 g/mol. The molecule has 0 fully saturated rings. The SMILES string of the molecule is FCCOCC[P+](c1cccnc1)(c1cccnc1)c1cccnc1. The highest BCUT2D eigenvalue weighted by Crippen LogP contribution is 2.54. The lowest BCUT2D eigenvalue weighted by atomic mass is 10.5. The van der Waals surface area contributed by atoms with Crippen molar-refractivity contribution in [3.63, 3.8) is 0 Å². The maximum Gasteiger partial charge on any atom is 0.123 e. The lowest BCUT2D eigenvalue weighted by molar-refractivity contribution is 0.132. The highest BCUT2D eigenvalue weighted by atomic mass is 31.2. The molecule has 128 valence electrons. The van der Waals surface area contributed by atoms with Crippen molar-refractivity contribution in [2.75, 3.05) is 26.1 Å². The molecule has 25 heavy (non-hydrogen) atoms. The van der Waals surface area contributed by atoms with Gasteiger partial charge in [0.2, 0.25) is 0 Å². The van der Waals surface area contributed by atoms with Crippen LogP contribution in [0.2, 0.25) is 0 Å². The molecular formula is C19H20FN3OP+. The van der Waals surface area contributed by atoms with Crippen LogP contribution in [-0.4, -0.2) is 41.0 Å². The van der Waals surface area contributed by atoms with Gasteiger partial charge in [-0.25, -0.2) is 4.39 Å². The van der Waals surface area contributed by atoms with Crippen LogP contribution < -0.4 is 15.9 Å². The second-order valence-corrected chi connectivity index (χ2v) is 9.08. The molecule has 0 amide bonds. The van der Waals surface area contributed by atoms with Crippen molar-refractivity contribution < 1.29 is 9.13 Å². The van der Waals surface area contributed by atoms with Crippen LogP contribution >= 0.6 is 7.26 Å². The molecule has 0 unspecified atom stereocenters. The lowest BCUT2D eigenvalue weighted by Crippen LogP contribution is -2.35. The Morgan fingerprint density at radius 2 is 1.24 bits per heavy atom. The Labute approximate surface area is 147 Å². The van der Waals surface area contributed by atoms with E-state index in [1.54, 1.807) is 18.6 Å². The van der Waals surface area contributed by atoms with E-state index in [-0.39, 0.29) is 6.61 Å². The van der Waals surface area contributed by atoms with Crippen LogP contribution in [0.4, 0.5) is 4.39 Å². The Kier molecular flexibility index (Phi) is 6.15. The minimum atomic E-state index is -2.03. The Bertz CT molecular complexity index is 663. The molecule has 0 bridgehead atoms. The van der Waals surface area contributed by atoms with E-state index in [0.29, 0.717) is 6.61 Å². The standard InChI is InChI=1S/C19H20FN3OP/c20-7-11-24-12-13-25(17-4-1-8-21-14-17,18-5-2-9-22-15-18)19-6-3-10-23-16-19/h1-6,8-10,14-16H,7,11-13H2/q+1. The molecular weight excluding hydrogens is 336 g/mol. The highest BCUT2D eigenvalue weighted by molar-refractivity contribution is 7.95. The van der Waals surface area contributed by atoms with E-state index < -0.39 is 13.9 Å². The largest absolute Gasteiger partial charge is 0.375 e. The first-order valence-electron chi connectivity index (χ1n) is 8.11. The summed E-state index contributed by atoms with van der Waals surface area (Å²) in [5, 5.41) is 3.42. The number of halogens is 1. The summed E-state index contributed by atoms with van der Waals surface area (Å²) in [6.45, 7) is 0.113. The number of pyridine rings is 3. The van der Waals surface area contributed by atoms with E-state index in [1.165, 1.54) is 0 Å². The van der Waals surface area contributed by atoms with Crippen LogP contribution in [0.25, 0.3) is 0 Å². The van der Waals surface area contributed by atoms with Gasteiger partial charge in [0, 0.05) is 18.6 Å². The predicted molar refractivity (Wildman–Crippen MR) is 100 cm³/mol. The first-order chi connectivity index (χ1) is 12.4. The van der Waals surface area contributed by atoms with Crippen molar-refractivity contribution in [3.8, 4) is 0 Å². The molecule has 6 heteroatoms. The van der Waals surface area contributed by atoms with Crippen LogP contribution in [0.3, 0.4) is 0 Å². The second-order valence-electron chi connectivity index (χ2n) is 5.47. The maximum absolute atomic E-state index is 12.4. The quantitative estimate of drug-likeness (QED) is 0.458. The van der Waals surface area contributed by atoms with E-state index in [1.807, 2.05) is 36.8 Å². The molecule has 0 saturated carbocycles. The van der Waals surface area contributed by atoms with Gasteiger partial charge in [-0.3, -0.25) is 15.0 Å². The summed E-state index contributed by atoms with van der Waals surface area (Å²) in [5.41, 5.74) is 0. The van der Waals surface area contributed by atoms with Gasteiger partial charge in [0.15, 0.2) is 0 Å². The minimum absolute atomic E-state index is 0.118. The molecule has 0 aliphatic rings. The van der Waals surface area contributed by atoms with E-state index in [9.17, 15) is 4.39 Å². The van der Waals surface area contributed by atoms with Crippen LogP contribution in [0.15, 0.2) is 73.6 Å². The molecule has 0 N–H and O–H groups in total. The average molecular weight is 356 g/mol. The molecule has 3 heterocycles. The fourth-order valence-corrected chi connectivity index (χ4v) is 6.82. The average Bonchev–Trinajstić information content (AvgIpc) is 2.70. The van der Waals surface area contributed by atoms with Crippen molar-refractivity contribution in [1.82, 2.24) is 15.0 Å². The number of hydrogen-bond acceptors (Lipinski definition) is 4. The molecule has 3 aromatic heterocycles. The number of rotatable bonds is 8. The molecule has 0 radical (unpaired) electrons. The van der Waals surface area contributed by atoms with Crippen molar-refractivity contribution in [1.29, 1.82) is 0 Å². The van der Waals surface area contributed by atoms with Gasteiger partial charge >= 0.3 is 0 Å². The van der Waals surface area contributed by atoms with Gasteiger partial charge in [0.05, 0.1) is 38.0 Å². The molecule has 3 aromatic rings. The molecule has 0 aliphatic carbocycles. The van der Waals surface area contributed by atoms with E-state index in [2.05, 4.69) is 33.2 Å². The summed E-state index contributed by atoms with van der Waals surface area (Å²) < 4.78 is 17.9. The number of ether oxygens (including phenoxy) is 1. The normalized spacial score (nSPS) is 11.4. The van der Waals surface area contributed by atoms with Crippen molar-refractivity contribution in [2.24, 2.45) is 0 Å². The lowest BCUT2D eigenvalue weighted by Gasteiger charge is -2.26. The van der Waals surface area contributed by atoms with Crippen LogP contribution in [-0.2, 0) is 4.74 Å². The van der Waals surface area contributed by atoms with Gasteiger partial charge in [0.25, 0.3) is 0 Å². The summed E-state index contributed by atoms with van der Waals surface area (Å²) in [6, 6.07) is 12.1. The van der Waals surface area contributed by atoms with Crippen LogP contribution in [0.1, 0.15) is 0 Å². The minimum Gasteiger partial charge on any atom is -0.375 e. The van der Waals surface area contributed by atoms with E-state index in [0.717, 1.165) is 22.1 Å². The summed E-state index contributed by atoms with van der Waals surface area (Å²) in [6.07, 6.45) is 11.8. The highest BCUT2D eigenvalue weighted by Gasteiger charge is 2.45. The molecule has 0 aliphatic heterocycles. The first-order valence-corrected chi connectivity index (χ1v) is 10.1. The smallest absolute Gasteiger partial charge is 0.123 e. The zero-order valence-electron chi connectivity index (χ0n) is 13.8. The van der Waals surface area contributed by atoms with Crippen molar-refractivity contribution in [3.05, 3.63) is 73.6 Å². The third kappa shape index (κ3) is 3.89. The van der Waals surface area contributed by atoms with E-state index >= 15 is 0 Å². The molecule has 0 atom stereocenters. The van der Waals surface area contributed by atoms with Gasteiger partial charge in [-0.05, 0) is 36.4 Å². The van der Waals surface area contributed by atoms with Crippen molar-refractivity contribution in [2.45, 2.75) is 0 Å². The number of aromatic nitrogens is 3. The van der Waals surface area contributed by atoms with Gasteiger partial charge in [-0.1, -0.05) is 0 Å². The Hall–Kier alpha value is -2.23. The zero-order valence-corrected chi connectivity index (χ0v) is 14.7. The zero-order chi connectivity index (χ0) is 17.4. The molecule has 0 aromatic carbocycles. The summed E-state index contributed by atoms with van der Waals surface area (Å²) >= 11 is 0. The fourth-order valence-electron chi connectivity index (χ4n) is 2.93. The predicted octanol–water partition coefficient (Wildman–Crippen LogP) is 2.15.